The summed E-state index contributed by atoms with van der Waals surface area (Å²) in [4.78, 5) is 32.9. The summed E-state index contributed by atoms with van der Waals surface area (Å²) in [6.07, 6.45) is 6.37. The van der Waals surface area contributed by atoms with Crippen molar-refractivity contribution in [3.8, 4) is 11.5 Å². The molecule has 2 aromatic heterocycles. The molecule has 200 valence electrons. The standard InChI is InChI=1S/C31H30N2O6/c1-3-4-5-15-38-23-12-6-10-21(16-23)27-26(29(35)31(36)33(27)19-20-9-8-14-32-18-20)28(34)25-17-22-11-7-13-24(37-2)30(22)39-25/h6-14,16-18,27,35H,3-5,15,19H2,1-2H3. The van der Waals surface area contributed by atoms with E-state index in [4.69, 9.17) is 13.9 Å². The predicted octanol–water partition coefficient (Wildman–Crippen LogP) is 6.18. The highest BCUT2D eigenvalue weighted by Crippen LogP contribution is 2.41. The van der Waals surface area contributed by atoms with Gasteiger partial charge in [0.25, 0.3) is 5.91 Å². The van der Waals surface area contributed by atoms with Crippen LogP contribution in [0.4, 0.5) is 0 Å². The molecule has 1 aliphatic heterocycles. The molecule has 8 nitrogen and oxygen atoms in total. The summed E-state index contributed by atoms with van der Waals surface area (Å²) in [6, 6.07) is 17.0. The largest absolute Gasteiger partial charge is 0.503 e. The number of amides is 1. The number of Topliss-reactive ketones (excluding diaryl/α,β-unsaturated/α-hetero) is 1. The van der Waals surface area contributed by atoms with E-state index in [1.165, 1.54) is 12.0 Å². The van der Waals surface area contributed by atoms with E-state index in [9.17, 15) is 14.7 Å². The fourth-order valence-electron chi connectivity index (χ4n) is 4.84. The van der Waals surface area contributed by atoms with E-state index >= 15 is 0 Å². The first-order valence-corrected chi connectivity index (χ1v) is 13.0. The molecule has 0 radical (unpaired) electrons. The number of para-hydroxylation sites is 1. The number of unbranched alkanes of at least 4 members (excludes halogenated alkanes) is 2. The van der Waals surface area contributed by atoms with Crippen LogP contribution in [0.2, 0.25) is 0 Å². The summed E-state index contributed by atoms with van der Waals surface area (Å²) in [7, 11) is 1.52. The Labute approximate surface area is 226 Å². The van der Waals surface area contributed by atoms with Crippen LogP contribution in [0.3, 0.4) is 0 Å². The number of fused-ring (bicyclic) bond motifs is 1. The summed E-state index contributed by atoms with van der Waals surface area (Å²) >= 11 is 0. The van der Waals surface area contributed by atoms with Crippen LogP contribution in [0.1, 0.15) is 53.9 Å². The monoisotopic (exact) mass is 526 g/mol. The van der Waals surface area contributed by atoms with Crippen LogP contribution in [-0.2, 0) is 11.3 Å². The number of hydrogen-bond acceptors (Lipinski definition) is 7. The zero-order valence-electron chi connectivity index (χ0n) is 21.9. The van der Waals surface area contributed by atoms with E-state index in [2.05, 4.69) is 11.9 Å². The molecule has 0 saturated heterocycles. The van der Waals surface area contributed by atoms with E-state index in [1.807, 2.05) is 30.3 Å². The highest BCUT2D eigenvalue weighted by molar-refractivity contribution is 6.16. The molecule has 0 saturated carbocycles. The van der Waals surface area contributed by atoms with Crippen molar-refractivity contribution in [3.63, 3.8) is 0 Å². The minimum Gasteiger partial charge on any atom is -0.503 e. The third kappa shape index (κ3) is 5.23. The number of carbonyl (C=O) groups excluding carboxylic acids is 2. The van der Waals surface area contributed by atoms with Crippen LogP contribution < -0.4 is 9.47 Å². The first kappa shape index (κ1) is 26.0. The molecule has 1 atom stereocenters. The van der Waals surface area contributed by atoms with Crippen LogP contribution in [0.15, 0.2) is 88.8 Å². The number of pyridine rings is 1. The minimum atomic E-state index is -0.862. The van der Waals surface area contributed by atoms with Gasteiger partial charge in [-0.3, -0.25) is 14.6 Å². The lowest BCUT2D eigenvalue weighted by molar-refractivity contribution is -0.130. The third-order valence-electron chi connectivity index (χ3n) is 6.77. The molecule has 0 fully saturated rings. The zero-order valence-corrected chi connectivity index (χ0v) is 21.9. The fourth-order valence-corrected chi connectivity index (χ4v) is 4.84. The average Bonchev–Trinajstić information content (AvgIpc) is 3.51. The number of nitrogens with zero attached hydrogens (tertiary/aromatic N) is 2. The van der Waals surface area contributed by atoms with Crippen molar-refractivity contribution in [1.29, 1.82) is 0 Å². The van der Waals surface area contributed by atoms with Gasteiger partial charge >= 0.3 is 0 Å². The Morgan fingerprint density at radius 1 is 1.10 bits per heavy atom. The summed E-state index contributed by atoms with van der Waals surface area (Å²) in [5.41, 5.74) is 1.77. The van der Waals surface area contributed by atoms with Crippen molar-refractivity contribution in [3.05, 3.63) is 101 Å². The minimum absolute atomic E-state index is 0.00375. The van der Waals surface area contributed by atoms with Gasteiger partial charge in [0, 0.05) is 24.3 Å². The maximum Gasteiger partial charge on any atom is 0.290 e. The molecule has 8 heteroatoms. The van der Waals surface area contributed by atoms with Crippen molar-refractivity contribution in [2.24, 2.45) is 0 Å². The molecular weight excluding hydrogens is 496 g/mol. The Kier molecular flexibility index (Phi) is 7.63. The van der Waals surface area contributed by atoms with Crippen molar-refractivity contribution in [2.45, 2.75) is 38.8 Å². The lowest BCUT2D eigenvalue weighted by Gasteiger charge is -2.27. The Hall–Kier alpha value is -4.59. The topological polar surface area (TPSA) is 102 Å². The molecular formula is C31H30N2O6. The highest BCUT2D eigenvalue weighted by Gasteiger charge is 2.44. The van der Waals surface area contributed by atoms with Gasteiger partial charge in [0.15, 0.2) is 22.9 Å². The molecule has 4 aromatic rings. The first-order chi connectivity index (χ1) is 19.0. The van der Waals surface area contributed by atoms with Gasteiger partial charge in [0.05, 0.1) is 25.3 Å². The third-order valence-corrected chi connectivity index (χ3v) is 6.77. The molecule has 39 heavy (non-hydrogen) atoms. The molecule has 2 aromatic carbocycles. The quantitative estimate of drug-likeness (QED) is 0.184. The molecule has 0 spiro atoms. The van der Waals surface area contributed by atoms with Crippen molar-refractivity contribution in [2.75, 3.05) is 13.7 Å². The number of methoxy groups -OCH3 is 1. The maximum absolute atomic E-state index is 13.9. The summed E-state index contributed by atoms with van der Waals surface area (Å²) < 4.78 is 17.2. The smallest absolute Gasteiger partial charge is 0.290 e. The molecule has 5 rings (SSSR count). The Morgan fingerprint density at radius 3 is 2.72 bits per heavy atom. The number of aliphatic hydroxyl groups is 1. The normalized spacial score (nSPS) is 15.3. The summed E-state index contributed by atoms with van der Waals surface area (Å²) in [5, 5.41) is 11.7. The lowest BCUT2D eigenvalue weighted by atomic mass is 9.94. The Balaban J connectivity index is 1.55. The van der Waals surface area contributed by atoms with Gasteiger partial charge in [-0.1, -0.05) is 50.1 Å². The Bertz CT molecular complexity index is 1520. The number of furan rings is 1. The van der Waals surface area contributed by atoms with Gasteiger partial charge in [0.2, 0.25) is 5.78 Å². The predicted molar refractivity (Wildman–Crippen MR) is 146 cm³/mol. The van der Waals surface area contributed by atoms with Crippen LogP contribution >= 0.6 is 0 Å². The second-order valence-electron chi connectivity index (χ2n) is 9.41. The van der Waals surface area contributed by atoms with Gasteiger partial charge in [-0.05, 0) is 47.9 Å². The number of aromatic nitrogens is 1. The Morgan fingerprint density at radius 2 is 1.95 bits per heavy atom. The molecule has 1 amide bonds. The van der Waals surface area contributed by atoms with Crippen LogP contribution in [0.5, 0.6) is 11.5 Å². The summed E-state index contributed by atoms with van der Waals surface area (Å²) in [5.74, 6) is -0.708. The first-order valence-electron chi connectivity index (χ1n) is 13.0. The molecule has 1 aliphatic rings. The van der Waals surface area contributed by atoms with Gasteiger partial charge in [-0.25, -0.2) is 0 Å². The van der Waals surface area contributed by atoms with Crippen molar-refractivity contribution < 1.29 is 28.6 Å². The van der Waals surface area contributed by atoms with Gasteiger partial charge in [0.1, 0.15) is 5.75 Å². The average molecular weight is 527 g/mol. The molecule has 0 bridgehead atoms. The number of ether oxygens (including phenoxy) is 2. The molecule has 3 heterocycles. The van der Waals surface area contributed by atoms with E-state index in [0.717, 1.165) is 24.8 Å². The molecule has 1 unspecified atom stereocenters. The lowest BCUT2D eigenvalue weighted by Crippen LogP contribution is -2.30. The highest BCUT2D eigenvalue weighted by atomic mass is 16.5. The van der Waals surface area contributed by atoms with Crippen molar-refractivity contribution in [1.82, 2.24) is 9.88 Å². The number of carbonyl (C=O) groups is 2. The number of ketones is 1. The van der Waals surface area contributed by atoms with Gasteiger partial charge in [-0.15, -0.1) is 0 Å². The van der Waals surface area contributed by atoms with E-state index in [0.29, 0.717) is 34.6 Å². The van der Waals surface area contributed by atoms with Crippen molar-refractivity contribution >= 4 is 22.7 Å². The van der Waals surface area contributed by atoms with Crippen LogP contribution in [0.25, 0.3) is 11.0 Å². The fraction of sp³-hybridized carbons (Fsp3) is 0.258. The molecule has 0 aliphatic carbocycles. The van der Waals surface area contributed by atoms with Gasteiger partial charge < -0.3 is 23.9 Å². The van der Waals surface area contributed by atoms with Crippen LogP contribution in [-0.4, -0.2) is 40.4 Å². The second-order valence-corrected chi connectivity index (χ2v) is 9.41. The second kappa shape index (κ2) is 11.4. The molecule has 1 N–H and O–H groups in total. The number of rotatable bonds is 11. The van der Waals surface area contributed by atoms with Crippen LogP contribution in [0, 0.1) is 0 Å². The number of hydrogen-bond donors (Lipinski definition) is 1. The van der Waals surface area contributed by atoms with E-state index < -0.39 is 23.5 Å². The maximum atomic E-state index is 13.9. The SMILES string of the molecule is CCCCCOc1cccc(C2C(C(=O)c3cc4cccc(OC)c4o3)=C(O)C(=O)N2Cc2cccnc2)c1. The van der Waals surface area contributed by atoms with E-state index in [-0.39, 0.29) is 17.9 Å². The van der Waals surface area contributed by atoms with E-state index in [1.54, 1.807) is 42.7 Å². The van der Waals surface area contributed by atoms with Gasteiger partial charge in [-0.2, -0.15) is 0 Å². The summed E-state index contributed by atoms with van der Waals surface area (Å²) in [6.45, 7) is 2.84. The zero-order chi connectivity index (χ0) is 27.4. The number of aliphatic hydroxyl groups excluding tert-OH is 1. The number of benzene rings is 2.